The maximum Gasteiger partial charge on any atom is 0.267 e. The fourth-order valence-corrected chi connectivity index (χ4v) is 2.29. The number of rotatable bonds is 1. The second-order valence-electron chi connectivity index (χ2n) is 3.86. The van der Waals surface area contributed by atoms with Gasteiger partial charge in [-0.15, -0.1) is 0 Å². The smallest absolute Gasteiger partial charge is 0.267 e. The summed E-state index contributed by atoms with van der Waals surface area (Å²) in [5.41, 5.74) is -0.191. The molecule has 0 radical (unpaired) electrons. The summed E-state index contributed by atoms with van der Waals surface area (Å²) in [6.45, 7) is 4.27. The first-order valence-electron chi connectivity index (χ1n) is 5.33. The van der Waals surface area contributed by atoms with Crippen molar-refractivity contribution in [2.75, 3.05) is 31.1 Å². The highest BCUT2D eigenvalue weighted by Crippen LogP contribution is 2.20. The summed E-state index contributed by atoms with van der Waals surface area (Å²) in [5, 5.41) is 0. The molecule has 1 aromatic rings. The predicted octanol–water partition coefficient (Wildman–Crippen LogP) is 0.201. The fourth-order valence-electron chi connectivity index (χ4n) is 1.83. The molecule has 2 heterocycles. The van der Waals surface area contributed by atoms with Gasteiger partial charge < -0.3 is 14.8 Å². The van der Waals surface area contributed by atoms with E-state index < -0.39 is 0 Å². The zero-order valence-electron chi connectivity index (χ0n) is 9.44. The minimum atomic E-state index is -0.191. The molecule has 92 valence electrons. The molecule has 2 rings (SSSR count). The SMILES string of the molecule is CC(=O)N1CCN(c2nc[nH]c(=O)c2Br)CC1. The maximum absolute atomic E-state index is 11.4. The standard InChI is InChI=1S/C10H13BrN4O2/c1-7(16)14-2-4-15(5-3-14)9-8(11)10(17)13-6-12-9/h6H,2-5H2,1H3,(H,12,13,17). The van der Waals surface area contributed by atoms with Crippen LogP contribution in [0.2, 0.25) is 0 Å². The van der Waals surface area contributed by atoms with Crippen LogP contribution in [-0.4, -0.2) is 47.0 Å². The number of hydrogen-bond acceptors (Lipinski definition) is 4. The van der Waals surface area contributed by atoms with E-state index in [1.54, 1.807) is 11.8 Å². The molecule has 0 bridgehead atoms. The Morgan fingerprint density at radius 1 is 1.41 bits per heavy atom. The molecule has 0 aliphatic carbocycles. The second-order valence-corrected chi connectivity index (χ2v) is 4.66. The summed E-state index contributed by atoms with van der Waals surface area (Å²) >= 11 is 3.23. The van der Waals surface area contributed by atoms with Gasteiger partial charge in [-0.05, 0) is 15.9 Å². The molecule has 1 N–H and O–H groups in total. The van der Waals surface area contributed by atoms with Crippen LogP contribution in [0.5, 0.6) is 0 Å². The number of amides is 1. The van der Waals surface area contributed by atoms with E-state index in [-0.39, 0.29) is 11.5 Å². The first-order valence-corrected chi connectivity index (χ1v) is 6.12. The third-order valence-corrected chi connectivity index (χ3v) is 3.52. The molecule has 1 aromatic heterocycles. The Labute approximate surface area is 107 Å². The summed E-state index contributed by atoms with van der Waals surface area (Å²) < 4.78 is 0.441. The Morgan fingerprint density at radius 2 is 2.06 bits per heavy atom. The van der Waals surface area contributed by atoms with Crippen molar-refractivity contribution in [1.82, 2.24) is 14.9 Å². The Hall–Kier alpha value is -1.37. The molecule has 6 nitrogen and oxygen atoms in total. The molecule has 1 aliphatic heterocycles. The van der Waals surface area contributed by atoms with Crippen molar-refractivity contribution in [1.29, 1.82) is 0 Å². The van der Waals surface area contributed by atoms with Crippen molar-refractivity contribution in [3.05, 3.63) is 21.2 Å². The molecule has 1 fully saturated rings. The molecule has 0 aromatic carbocycles. The highest BCUT2D eigenvalue weighted by molar-refractivity contribution is 9.10. The minimum absolute atomic E-state index is 0.0857. The third kappa shape index (κ3) is 2.49. The van der Waals surface area contributed by atoms with E-state index in [9.17, 15) is 9.59 Å². The normalized spacial score (nSPS) is 16.1. The first-order chi connectivity index (χ1) is 8.09. The van der Waals surface area contributed by atoms with Crippen LogP contribution >= 0.6 is 15.9 Å². The molecular weight excluding hydrogens is 288 g/mol. The van der Waals surface area contributed by atoms with E-state index in [0.29, 0.717) is 36.5 Å². The Balaban J connectivity index is 2.13. The van der Waals surface area contributed by atoms with Crippen LogP contribution in [0.25, 0.3) is 0 Å². The van der Waals surface area contributed by atoms with E-state index in [2.05, 4.69) is 25.9 Å². The summed E-state index contributed by atoms with van der Waals surface area (Å²) in [6.07, 6.45) is 1.39. The van der Waals surface area contributed by atoms with Crippen molar-refractivity contribution in [2.45, 2.75) is 6.92 Å². The zero-order chi connectivity index (χ0) is 12.4. The lowest BCUT2D eigenvalue weighted by molar-refractivity contribution is -0.129. The van der Waals surface area contributed by atoms with Gasteiger partial charge in [0.15, 0.2) is 0 Å². The molecule has 0 spiro atoms. The number of piperazine rings is 1. The molecule has 7 heteroatoms. The minimum Gasteiger partial charge on any atom is -0.352 e. The van der Waals surface area contributed by atoms with E-state index in [0.717, 1.165) is 0 Å². The third-order valence-electron chi connectivity index (χ3n) is 2.80. The fraction of sp³-hybridized carbons (Fsp3) is 0.500. The molecule has 1 aliphatic rings. The number of carbonyl (C=O) groups is 1. The van der Waals surface area contributed by atoms with Gasteiger partial charge in [0.2, 0.25) is 5.91 Å². The van der Waals surface area contributed by atoms with Crippen molar-refractivity contribution >= 4 is 27.7 Å². The quantitative estimate of drug-likeness (QED) is 0.804. The first kappa shape index (κ1) is 12.1. The topological polar surface area (TPSA) is 69.3 Å². The number of nitrogens with one attached hydrogen (secondary N) is 1. The van der Waals surface area contributed by atoms with Gasteiger partial charge in [-0.25, -0.2) is 4.98 Å². The van der Waals surface area contributed by atoms with Crippen LogP contribution in [0.15, 0.2) is 15.6 Å². The lowest BCUT2D eigenvalue weighted by Crippen LogP contribution is -2.48. The van der Waals surface area contributed by atoms with Crippen LogP contribution in [0.3, 0.4) is 0 Å². The van der Waals surface area contributed by atoms with Crippen LogP contribution in [0.1, 0.15) is 6.92 Å². The van der Waals surface area contributed by atoms with Gasteiger partial charge in [-0.1, -0.05) is 0 Å². The molecule has 0 saturated carbocycles. The van der Waals surface area contributed by atoms with Gasteiger partial charge >= 0.3 is 0 Å². The van der Waals surface area contributed by atoms with Crippen LogP contribution < -0.4 is 10.5 Å². The summed E-state index contributed by atoms with van der Waals surface area (Å²) in [5.74, 6) is 0.722. The molecule has 0 atom stereocenters. The monoisotopic (exact) mass is 300 g/mol. The molecular formula is C10H13BrN4O2. The number of aromatic nitrogens is 2. The highest BCUT2D eigenvalue weighted by atomic mass is 79.9. The van der Waals surface area contributed by atoms with Gasteiger partial charge in [0.1, 0.15) is 10.3 Å². The lowest BCUT2D eigenvalue weighted by atomic mass is 10.3. The summed E-state index contributed by atoms with van der Waals surface area (Å²) in [7, 11) is 0. The number of carbonyl (C=O) groups excluding carboxylic acids is 1. The highest BCUT2D eigenvalue weighted by Gasteiger charge is 2.21. The average molecular weight is 301 g/mol. The van der Waals surface area contributed by atoms with Crippen molar-refractivity contribution in [3.8, 4) is 0 Å². The Bertz CT molecular complexity index is 479. The van der Waals surface area contributed by atoms with Crippen LogP contribution in [0.4, 0.5) is 5.82 Å². The number of aromatic amines is 1. The average Bonchev–Trinajstić information content (AvgIpc) is 2.33. The van der Waals surface area contributed by atoms with E-state index in [1.165, 1.54) is 6.33 Å². The van der Waals surface area contributed by atoms with Crippen molar-refractivity contribution < 1.29 is 4.79 Å². The number of nitrogens with zero attached hydrogens (tertiary/aromatic N) is 3. The number of hydrogen-bond donors (Lipinski definition) is 1. The molecule has 1 saturated heterocycles. The Kier molecular flexibility index (Phi) is 3.46. The number of H-pyrrole nitrogens is 1. The largest absolute Gasteiger partial charge is 0.352 e. The number of anilines is 1. The van der Waals surface area contributed by atoms with E-state index in [4.69, 9.17) is 0 Å². The second kappa shape index (κ2) is 4.87. The van der Waals surface area contributed by atoms with Gasteiger partial charge in [0.05, 0.1) is 6.33 Å². The van der Waals surface area contributed by atoms with Crippen LogP contribution in [-0.2, 0) is 4.79 Å². The van der Waals surface area contributed by atoms with Crippen molar-refractivity contribution in [3.63, 3.8) is 0 Å². The van der Waals surface area contributed by atoms with E-state index in [1.807, 2.05) is 4.90 Å². The summed E-state index contributed by atoms with van der Waals surface area (Å²) in [6, 6.07) is 0. The molecule has 0 unspecified atom stereocenters. The van der Waals surface area contributed by atoms with E-state index >= 15 is 0 Å². The lowest BCUT2D eigenvalue weighted by Gasteiger charge is -2.35. The Morgan fingerprint density at radius 3 is 2.65 bits per heavy atom. The van der Waals surface area contributed by atoms with Crippen molar-refractivity contribution in [2.24, 2.45) is 0 Å². The van der Waals surface area contributed by atoms with Crippen LogP contribution in [0, 0.1) is 0 Å². The van der Waals surface area contributed by atoms with Gasteiger partial charge in [-0.2, -0.15) is 0 Å². The summed E-state index contributed by atoms with van der Waals surface area (Å²) in [4.78, 5) is 33.1. The number of halogens is 1. The van der Waals surface area contributed by atoms with Gasteiger partial charge in [-0.3, -0.25) is 9.59 Å². The maximum atomic E-state index is 11.4. The predicted molar refractivity (Wildman–Crippen MR) is 67.0 cm³/mol. The van der Waals surface area contributed by atoms with Gasteiger partial charge in [0, 0.05) is 33.1 Å². The molecule has 1 amide bonds. The molecule has 17 heavy (non-hydrogen) atoms. The van der Waals surface area contributed by atoms with Gasteiger partial charge in [0.25, 0.3) is 5.56 Å². The zero-order valence-corrected chi connectivity index (χ0v) is 11.0.